The molecule has 2 aliphatic rings. The van der Waals surface area contributed by atoms with Gasteiger partial charge in [0.25, 0.3) is 17.7 Å². The Kier molecular flexibility index (Phi) is 23.7. The number of carbonyl (C=O) groups excluding carboxylic acids is 10. The summed E-state index contributed by atoms with van der Waals surface area (Å²) in [6.45, 7) is 8.60. The number of rotatable bonds is 29. The zero-order valence-electron chi connectivity index (χ0n) is 45.0. The number of anilines is 2. The van der Waals surface area contributed by atoms with Crippen LogP contribution < -0.4 is 48.7 Å². The van der Waals surface area contributed by atoms with E-state index in [1.807, 2.05) is 18.7 Å². The summed E-state index contributed by atoms with van der Waals surface area (Å²) in [5.41, 5.74) is 15.2. The molecule has 0 spiro atoms. The number of unbranched alkanes of at least 4 members (excludes halogenated alkanes) is 2. The van der Waals surface area contributed by atoms with Gasteiger partial charge in [-0.25, -0.2) is 14.6 Å². The van der Waals surface area contributed by atoms with Crippen molar-refractivity contribution in [2.75, 3.05) is 43.4 Å². The molecule has 0 saturated heterocycles. The van der Waals surface area contributed by atoms with Crippen molar-refractivity contribution in [2.24, 2.45) is 22.4 Å². The quantitative estimate of drug-likeness (QED) is 0.0353. The number of benzene rings is 2. The van der Waals surface area contributed by atoms with Crippen LogP contribution in [-0.4, -0.2) is 125 Å². The van der Waals surface area contributed by atoms with Crippen LogP contribution in [0.15, 0.2) is 83.6 Å². The van der Waals surface area contributed by atoms with Gasteiger partial charge in [0.2, 0.25) is 29.5 Å². The lowest BCUT2D eigenvalue weighted by molar-refractivity contribution is -0.137. The second kappa shape index (κ2) is 30.7. The van der Waals surface area contributed by atoms with E-state index in [1.165, 1.54) is 24.5 Å². The smallest absolute Gasteiger partial charge is 0.407 e. The van der Waals surface area contributed by atoms with Crippen molar-refractivity contribution < 1.29 is 52.7 Å². The summed E-state index contributed by atoms with van der Waals surface area (Å²) < 4.78 is 5.27. The number of ether oxygens (including phenoxy) is 1. The number of aliphatic imine (C=N–C) groups is 1. The normalized spacial score (nSPS) is 13.4. The molecular weight excluding hydrogens is 1020 g/mol. The van der Waals surface area contributed by atoms with Gasteiger partial charge in [-0.1, -0.05) is 52.3 Å². The Balaban J connectivity index is 1.04. The molecule has 422 valence electrons. The lowest BCUT2D eigenvalue weighted by atomic mass is 10.0. The van der Waals surface area contributed by atoms with Crippen molar-refractivity contribution >= 4 is 88.4 Å². The lowest BCUT2D eigenvalue weighted by Crippen LogP contribution is -2.54. The van der Waals surface area contributed by atoms with Gasteiger partial charge in [-0.3, -0.25) is 48.2 Å². The molecule has 1 aromatic heterocycles. The van der Waals surface area contributed by atoms with Crippen LogP contribution in [0.2, 0.25) is 0 Å². The predicted molar refractivity (Wildman–Crippen MR) is 295 cm³/mol. The molecule has 0 aliphatic carbocycles. The van der Waals surface area contributed by atoms with E-state index < -0.39 is 54.4 Å². The summed E-state index contributed by atoms with van der Waals surface area (Å²) in [5.74, 6) is -3.46. The van der Waals surface area contributed by atoms with Crippen LogP contribution in [0.3, 0.4) is 0 Å². The first kappa shape index (κ1) is 60.9. The number of nitrogens with zero attached hydrogens (tertiary/aromatic N) is 4. The summed E-state index contributed by atoms with van der Waals surface area (Å²) in [7, 11) is 0. The number of nitrogens with two attached hydrogens (primary N) is 2. The van der Waals surface area contributed by atoms with Gasteiger partial charge in [0.05, 0.1) is 17.6 Å². The monoisotopic (exact) mass is 1090 g/mol. The van der Waals surface area contributed by atoms with E-state index in [9.17, 15) is 47.9 Å². The molecule has 24 nitrogen and oxygen atoms in total. The highest BCUT2D eigenvalue weighted by molar-refractivity contribution is 6.13. The third kappa shape index (κ3) is 19.8. The number of hydrogen-bond acceptors (Lipinski definition) is 14. The number of nitrogens with one attached hydrogen (secondary N) is 7. The molecular formula is C55H71N13O11. The van der Waals surface area contributed by atoms with Crippen molar-refractivity contribution in [1.29, 1.82) is 0 Å². The minimum atomic E-state index is -1.08. The van der Waals surface area contributed by atoms with Crippen LogP contribution in [0.25, 0.3) is 6.08 Å². The van der Waals surface area contributed by atoms with E-state index in [0.717, 1.165) is 17.7 Å². The number of carbonyl (C=O) groups is 10. The van der Waals surface area contributed by atoms with E-state index in [2.05, 4.69) is 47.2 Å². The summed E-state index contributed by atoms with van der Waals surface area (Å²) in [5, 5.41) is 18.5. The van der Waals surface area contributed by atoms with Crippen LogP contribution in [-0.2, 0) is 51.5 Å². The zero-order valence-corrected chi connectivity index (χ0v) is 45.0. The second-order valence-electron chi connectivity index (χ2n) is 19.2. The molecule has 79 heavy (non-hydrogen) atoms. The number of urea groups is 1. The largest absolute Gasteiger partial charge is 0.445 e. The maximum absolute atomic E-state index is 13.6. The van der Waals surface area contributed by atoms with Gasteiger partial charge in [-0.2, -0.15) is 0 Å². The number of aromatic nitrogens is 1. The number of imide groups is 1. The third-order valence-electron chi connectivity index (χ3n) is 12.4. The molecule has 0 fully saturated rings. The Hall–Kier alpha value is -8.96. The number of pyridine rings is 1. The molecule has 11 N–H and O–H groups in total. The number of amidine groups is 1. The first-order valence-electron chi connectivity index (χ1n) is 26.3. The molecule has 3 heterocycles. The van der Waals surface area contributed by atoms with Gasteiger partial charge in [0.15, 0.2) is 0 Å². The number of primary amides is 1. The Morgan fingerprint density at radius 2 is 1.49 bits per heavy atom. The number of hydrogen-bond donors (Lipinski definition) is 9. The molecule has 2 atom stereocenters. The molecule has 2 aromatic carbocycles. The van der Waals surface area contributed by atoms with Gasteiger partial charge in [0.1, 0.15) is 31.1 Å². The molecule has 2 unspecified atom stereocenters. The highest BCUT2D eigenvalue weighted by Gasteiger charge is 2.29. The number of alkyl carbamates (subject to hydrolysis) is 1. The van der Waals surface area contributed by atoms with Gasteiger partial charge in [-0.05, 0) is 92.0 Å². The Morgan fingerprint density at radius 1 is 0.772 bits per heavy atom. The molecule has 2 aliphatic heterocycles. The number of fused-ring (bicyclic) bond motifs is 1. The van der Waals surface area contributed by atoms with Gasteiger partial charge < -0.3 is 58.3 Å². The standard InChI is InChI=1S/C55H71N13O11/c1-5-22-67(23-6-2)53(76)39-26-37-15-16-38(27-43(37)64-44(56)28-39)50(73)63-41-25-36(29-58-31-41)30-60-46(70)32-61-55(78)79-33-35-13-17-40(18-14-35)62-51(74)42(11-10-21-59-54(57)77)65-52(75)49(34(3)4)66-45(69)12-8-7-9-24-68-47(71)19-20-48(68)72/h13-20,25-27,29,31,34,42,49H,5-12,21-24,28,30,32-33H2,1-4H3,(H2,56,64)(H,60,70)(H,61,78)(H,62,74)(H,63,73)(H,65,75)(H,66,69)(H3,57,59,77). The SMILES string of the molecule is CCCN(CCC)C(=O)C1=Cc2ccc(C(=O)Nc3cncc(CNC(=O)CNC(=O)OCc4ccc(NC(=O)C(CCCNC(N)=O)NC(=O)C(NC(=O)CCCCCN5C(=O)C=CC5=O)C(C)C)cc4)c3)cc2N=C(N)C1. The highest BCUT2D eigenvalue weighted by Crippen LogP contribution is 2.29. The van der Waals surface area contributed by atoms with Crippen LogP contribution in [0.4, 0.5) is 26.7 Å². The van der Waals surface area contributed by atoms with Crippen molar-refractivity contribution in [1.82, 2.24) is 41.4 Å². The zero-order chi connectivity index (χ0) is 57.4. The van der Waals surface area contributed by atoms with Gasteiger partial charge >= 0.3 is 12.1 Å². The minimum absolute atomic E-state index is 0.0248. The average molecular weight is 1090 g/mol. The highest BCUT2D eigenvalue weighted by atomic mass is 16.5. The summed E-state index contributed by atoms with van der Waals surface area (Å²) in [4.78, 5) is 138. The van der Waals surface area contributed by atoms with Crippen molar-refractivity contribution in [3.63, 3.8) is 0 Å². The Morgan fingerprint density at radius 3 is 2.18 bits per heavy atom. The second-order valence-corrected chi connectivity index (χ2v) is 19.2. The van der Waals surface area contributed by atoms with Crippen LogP contribution in [0.5, 0.6) is 0 Å². The fraction of sp³-hybridized carbons (Fsp3) is 0.418. The van der Waals surface area contributed by atoms with Crippen molar-refractivity contribution in [3.8, 4) is 0 Å². The van der Waals surface area contributed by atoms with Crippen LogP contribution in [0, 0.1) is 5.92 Å². The van der Waals surface area contributed by atoms with E-state index in [4.69, 9.17) is 16.2 Å². The van der Waals surface area contributed by atoms with E-state index >= 15 is 0 Å². The van der Waals surface area contributed by atoms with E-state index in [-0.39, 0.29) is 87.3 Å². The predicted octanol–water partition coefficient (Wildman–Crippen LogP) is 3.80. The first-order chi connectivity index (χ1) is 37.8. The summed E-state index contributed by atoms with van der Waals surface area (Å²) >= 11 is 0. The molecule has 11 amide bonds. The fourth-order valence-electron chi connectivity index (χ4n) is 8.32. The van der Waals surface area contributed by atoms with Gasteiger partial charge in [-0.15, -0.1) is 0 Å². The van der Waals surface area contributed by atoms with Gasteiger partial charge in [0, 0.05) is 86.3 Å². The third-order valence-corrected chi connectivity index (χ3v) is 12.4. The van der Waals surface area contributed by atoms with E-state index in [0.29, 0.717) is 77.2 Å². The maximum Gasteiger partial charge on any atom is 0.407 e. The van der Waals surface area contributed by atoms with E-state index in [1.54, 1.807) is 68.5 Å². The van der Waals surface area contributed by atoms with Crippen LogP contribution in [0.1, 0.15) is 113 Å². The van der Waals surface area contributed by atoms with Crippen molar-refractivity contribution in [2.45, 2.75) is 111 Å². The lowest BCUT2D eigenvalue weighted by Gasteiger charge is -2.25. The molecule has 3 aromatic rings. The topological polar surface area (TPSA) is 348 Å². The fourth-order valence-corrected chi connectivity index (χ4v) is 8.32. The Bertz CT molecular complexity index is 2790. The first-order valence-corrected chi connectivity index (χ1v) is 26.3. The Labute approximate surface area is 458 Å². The van der Waals surface area contributed by atoms with Crippen molar-refractivity contribution in [3.05, 3.63) is 101 Å². The average Bonchev–Trinajstić information content (AvgIpc) is 3.66. The molecule has 0 saturated carbocycles. The summed E-state index contributed by atoms with van der Waals surface area (Å²) in [6.07, 6.45) is 10.1. The minimum Gasteiger partial charge on any atom is -0.445 e. The molecule has 0 bridgehead atoms. The number of amides is 11. The van der Waals surface area contributed by atoms with Crippen LogP contribution >= 0.6 is 0 Å². The maximum atomic E-state index is 13.6. The molecule has 0 radical (unpaired) electrons. The molecule has 24 heteroatoms. The molecule has 5 rings (SSSR count). The summed E-state index contributed by atoms with van der Waals surface area (Å²) in [6, 6.07) is 10.1.